The molecule has 0 saturated carbocycles. The first-order valence-electron chi connectivity index (χ1n) is 5.11. The third-order valence-corrected chi connectivity index (χ3v) is 3.72. The van der Waals surface area contributed by atoms with Crippen molar-refractivity contribution in [3.8, 4) is 0 Å². The second kappa shape index (κ2) is 2.51. The molecule has 2 rings (SSSR count). The van der Waals surface area contributed by atoms with E-state index in [9.17, 15) is 0 Å². The number of rotatable bonds is 0. The van der Waals surface area contributed by atoms with Crippen molar-refractivity contribution in [1.29, 1.82) is 0 Å². The Kier molecular flexibility index (Phi) is 1.71. The molecule has 0 aromatic heterocycles. The Morgan fingerprint density at radius 1 is 1.25 bits per heavy atom. The summed E-state index contributed by atoms with van der Waals surface area (Å²) in [6, 6.07) is 0.639. The van der Waals surface area contributed by atoms with Crippen LogP contribution in [0.3, 0.4) is 0 Å². The summed E-state index contributed by atoms with van der Waals surface area (Å²) in [5.41, 5.74) is 3.69. The van der Waals surface area contributed by atoms with Gasteiger partial charge in [-0.25, -0.2) is 0 Å². The highest BCUT2D eigenvalue weighted by Crippen LogP contribution is 2.43. The van der Waals surface area contributed by atoms with Gasteiger partial charge in [-0.1, -0.05) is 13.8 Å². The smallest absolute Gasteiger partial charge is 0.0318 e. The van der Waals surface area contributed by atoms with Crippen molar-refractivity contribution in [2.75, 3.05) is 0 Å². The fourth-order valence-electron chi connectivity index (χ4n) is 2.48. The van der Waals surface area contributed by atoms with Crippen LogP contribution >= 0.6 is 0 Å². The van der Waals surface area contributed by atoms with Crippen molar-refractivity contribution in [3.05, 3.63) is 11.3 Å². The van der Waals surface area contributed by atoms with Gasteiger partial charge in [-0.2, -0.15) is 0 Å². The first-order valence-corrected chi connectivity index (χ1v) is 5.11. The van der Waals surface area contributed by atoms with Crippen LogP contribution in [0.4, 0.5) is 0 Å². The van der Waals surface area contributed by atoms with Gasteiger partial charge in [0.25, 0.3) is 0 Å². The topological polar surface area (TPSA) is 12.0 Å². The number of nitrogens with one attached hydrogen (secondary N) is 1. The highest BCUT2D eigenvalue weighted by Gasteiger charge is 2.38. The van der Waals surface area contributed by atoms with Crippen molar-refractivity contribution < 1.29 is 0 Å². The summed E-state index contributed by atoms with van der Waals surface area (Å²) in [6.45, 7) is 7.05. The Morgan fingerprint density at radius 2 is 1.92 bits per heavy atom. The van der Waals surface area contributed by atoms with Crippen molar-refractivity contribution in [2.24, 2.45) is 5.41 Å². The maximum Gasteiger partial charge on any atom is 0.0318 e. The summed E-state index contributed by atoms with van der Waals surface area (Å²) in [6.07, 6.45) is 5.41. The predicted molar refractivity (Wildman–Crippen MR) is 51.9 cm³/mol. The van der Waals surface area contributed by atoms with Gasteiger partial charge in [0.15, 0.2) is 0 Å². The van der Waals surface area contributed by atoms with Crippen LogP contribution in [-0.4, -0.2) is 6.04 Å². The van der Waals surface area contributed by atoms with E-state index < -0.39 is 0 Å². The van der Waals surface area contributed by atoms with Crippen molar-refractivity contribution in [3.63, 3.8) is 0 Å². The van der Waals surface area contributed by atoms with Gasteiger partial charge in [0.1, 0.15) is 0 Å². The summed E-state index contributed by atoms with van der Waals surface area (Å²) in [5, 5.41) is 3.63. The Balaban J connectivity index is 2.31. The molecule has 1 N–H and O–H groups in total. The van der Waals surface area contributed by atoms with E-state index in [4.69, 9.17) is 0 Å². The van der Waals surface area contributed by atoms with Crippen LogP contribution in [0.1, 0.15) is 46.5 Å². The standard InChI is InChI=1S/C11H19N/c1-8-11(2,3)9-6-4-5-7-10(9)12-8/h8,12H,4-7H2,1-3H3. The molecule has 2 aliphatic rings. The van der Waals surface area contributed by atoms with Crippen LogP contribution < -0.4 is 5.32 Å². The molecule has 68 valence electrons. The number of hydrogen-bond donors (Lipinski definition) is 1. The largest absolute Gasteiger partial charge is 0.385 e. The van der Waals surface area contributed by atoms with Gasteiger partial charge in [-0.3, -0.25) is 0 Å². The average molecular weight is 165 g/mol. The van der Waals surface area contributed by atoms with Gasteiger partial charge >= 0.3 is 0 Å². The summed E-state index contributed by atoms with van der Waals surface area (Å²) >= 11 is 0. The minimum Gasteiger partial charge on any atom is -0.385 e. The first-order chi connectivity index (χ1) is 5.62. The maximum absolute atomic E-state index is 3.63. The third kappa shape index (κ3) is 0.988. The number of allylic oxidation sites excluding steroid dienone is 1. The van der Waals surface area contributed by atoms with Gasteiger partial charge in [0.05, 0.1) is 0 Å². The minimum absolute atomic E-state index is 0.412. The lowest BCUT2D eigenvalue weighted by Crippen LogP contribution is -2.31. The summed E-state index contributed by atoms with van der Waals surface area (Å²) in [4.78, 5) is 0. The van der Waals surface area contributed by atoms with Crippen LogP contribution in [-0.2, 0) is 0 Å². The highest BCUT2D eigenvalue weighted by atomic mass is 15.0. The van der Waals surface area contributed by atoms with Gasteiger partial charge in [0.2, 0.25) is 0 Å². The van der Waals surface area contributed by atoms with Gasteiger partial charge < -0.3 is 5.32 Å². The summed E-state index contributed by atoms with van der Waals surface area (Å²) in [7, 11) is 0. The van der Waals surface area contributed by atoms with E-state index in [1.165, 1.54) is 25.7 Å². The normalized spacial score (nSPS) is 33.1. The van der Waals surface area contributed by atoms with E-state index in [-0.39, 0.29) is 0 Å². The number of hydrogen-bond acceptors (Lipinski definition) is 1. The molecule has 0 bridgehead atoms. The van der Waals surface area contributed by atoms with Crippen LogP contribution in [0.25, 0.3) is 0 Å². The van der Waals surface area contributed by atoms with Crippen LogP contribution in [0.15, 0.2) is 11.3 Å². The molecule has 0 spiro atoms. The maximum atomic E-state index is 3.63. The second-order valence-electron chi connectivity index (χ2n) is 4.75. The average Bonchev–Trinajstić information content (AvgIpc) is 2.25. The molecule has 0 aromatic carbocycles. The van der Waals surface area contributed by atoms with E-state index in [0.717, 1.165) is 0 Å². The van der Waals surface area contributed by atoms with Crippen LogP contribution in [0.5, 0.6) is 0 Å². The summed E-state index contributed by atoms with van der Waals surface area (Å²) < 4.78 is 0. The molecule has 12 heavy (non-hydrogen) atoms. The quantitative estimate of drug-likeness (QED) is 0.582. The van der Waals surface area contributed by atoms with Gasteiger partial charge in [0, 0.05) is 17.2 Å². The molecular weight excluding hydrogens is 146 g/mol. The predicted octanol–water partition coefficient (Wildman–Crippen LogP) is 2.83. The van der Waals surface area contributed by atoms with E-state index in [1.54, 1.807) is 11.3 Å². The molecule has 1 aliphatic carbocycles. The van der Waals surface area contributed by atoms with Crippen molar-refractivity contribution in [2.45, 2.75) is 52.5 Å². The van der Waals surface area contributed by atoms with Crippen LogP contribution in [0, 0.1) is 5.41 Å². The zero-order chi connectivity index (χ0) is 8.77. The highest BCUT2D eigenvalue weighted by molar-refractivity contribution is 5.30. The van der Waals surface area contributed by atoms with E-state index >= 15 is 0 Å². The van der Waals surface area contributed by atoms with Gasteiger partial charge in [-0.15, -0.1) is 0 Å². The van der Waals surface area contributed by atoms with E-state index in [1.807, 2.05) is 0 Å². The third-order valence-electron chi connectivity index (χ3n) is 3.72. The SMILES string of the molecule is CC1NC2=C(CCCC2)C1(C)C. The van der Waals surface area contributed by atoms with Gasteiger partial charge in [-0.05, 0) is 38.2 Å². The lowest BCUT2D eigenvalue weighted by molar-refractivity contribution is 0.359. The Hall–Kier alpha value is -0.460. The molecule has 1 atom stereocenters. The lowest BCUT2D eigenvalue weighted by atomic mass is 9.76. The zero-order valence-corrected chi connectivity index (χ0v) is 8.41. The molecule has 1 unspecified atom stereocenters. The molecule has 0 saturated heterocycles. The minimum atomic E-state index is 0.412. The molecular formula is C11H19N. The van der Waals surface area contributed by atoms with E-state index in [2.05, 4.69) is 26.1 Å². The van der Waals surface area contributed by atoms with Crippen LogP contribution in [0.2, 0.25) is 0 Å². The second-order valence-corrected chi connectivity index (χ2v) is 4.75. The molecule has 1 nitrogen and oxygen atoms in total. The van der Waals surface area contributed by atoms with E-state index in [0.29, 0.717) is 11.5 Å². The Bertz CT molecular complexity index is 225. The first kappa shape index (κ1) is 8.15. The molecule has 1 heterocycles. The zero-order valence-electron chi connectivity index (χ0n) is 8.41. The summed E-state index contributed by atoms with van der Waals surface area (Å²) in [5.74, 6) is 0. The fourth-order valence-corrected chi connectivity index (χ4v) is 2.48. The molecule has 0 fully saturated rings. The fraction of sp³-hybridized carbons (Fsp3) is 0.818. The van der Waals surface area contributed by atoms with Crippen molar-refractivity contribution >= 4 is 0 Å². The molecule has 0 amide bonds. The molecule has 1 aliphatic heterocycles. The Morgan fingerprint density at radius 3 is 2.58 bits per heavy atom. The molecule has 0 radical (unpaired) electrons. The lowest BCUT2D eigenvalue weighted by Gasteiger charge is -2.27. The monoisotopic (exact) mass is 165 g/mol. The molecule has 0 aromatic rings. The van der Waals surface area contributed by atoms with Crippen molar-refractivity contribution in [1.82, 2.24) is 5.32 Å². The molecule has 1 heteroatoms. The Labute approximate surface area is 75.2 Å².